The van der Waals surface area contributed by atoms with Crippen LogP contribution < -0.4 is 0 Å². The molecule has 0 unspecified atom stereocenters. The molecule has 0 bridgehead atoms. The molecule has 0 aliphatic heterocycles. The maximum Gasteiger partial charge on any atom is 0.311 e. The molecule has 0 saturated heterocycles. The van der Waals surface area contributed by atoms with Crippen LogP contribution in [0.1, 0.15) is 13.8 Å². The monoisotopic (exact) mass is 146 g/mol. The van der Waals surface area contributed by atoms with Crippen LogP contribution in [0.15, 0.2) is 0 Å². The van der Waals surface area contributed by atoms with Gasteiger partial charge in [0, 0.05) is 0 Å². The van der Waals surface area contributed by atoms with Crippen molar-refractivity contribution >= 4 is 12.4 Å². The van der Waals surface area contributed by atoms with Gasteiger partial charge in [-0.3, -0.25) is 9.59 Å². The molecule has 0 rings (SSSR count). The van der Waals surface area contributed by atoms with Crippen molar-refractivity contribution in [3.05, 3.63) is 0 Å². The van der Waals surface area contributed by atoms with Crippen molar-refractivity contribution in [3.63, 3.8) is 0 Å². The first-order chi connectivity index (χ1) is 4.68. The first-order valence-corrected chi connectivity index (χ1v) is 2.90. The summed E-state index contributed by atoms with van der Waals surface area (Å²) in [7, 11) is 0. The molecule has 0 aromatic carbocycles. The van der Waals surface area contributed by atoms with Gasteiger partial charge in [-0.2, -0.15) is 0 Å². The van der Waals surface area contributed by atoms with Crippen LogP contribution >= 0.6 is 0 Å². The lowest BCUT2D eigenvalue weighted by Crippen LogP contribution is -2.13. The molecule has 0 aromatic rings. The van der Waals surface area contributed by atoms with Crippen LogP contribution in [-0.4, -0.2) is 19.2 Å². The summed E-state index contributed by atoms with van der Waals surface area (Å²) < 4.78 is 8.58. The lowest BCUT2D eigenvalue weighted by Gasteiger charge is -2.03. The van der Waals surface area contributed by atoms with Gasteiger partial charge in [0.25, 0.3) is 6.47 Å². The smallest absolute Gasteiger partial charge is 0.311 e. The normalized spacial score (nSPS) is 9.10. The highest BCUT2D eigenvalue weighted by atomic mass is 16.7. The first kappa shape index (κ1) is 8.94. The lowest BCUT2D eigenvalue weighted by molar-refractivity contribution is -0.162. The molecule has 10 heavy (non-hydrogen) atoms. The topological polar surface area (TPSA) is 52.6 Å². The Labute approximate surface area is 59.1 Å². The molecular weight excluding hydrogens is 136 g/mol. The van der Waals surface area contributed by atoms with E-state index in [2.05, 4.69) is 9.47 Å². The second-order valence-corrected chi connectivity index (χ2v) is 2.00. The quantitative estimate of drug-likeness (QED) is 0.248. The summed E-state index contributed by atoms with van der Waals surface area (Å²) in [6, 6.07) is 0. The molecular formula is C6H10O4. The van der Waals surface area contributed by atoms with Crippen LogP contribution in [0, 0.1) is 5.92 Å². The van der Waals surface area contributed by atoms with Crippen LogP contribution in [0.2, 0.25) is 0 Å². The number of rotatable bonds is 4. The van der Waals surface area contributed by atoms with Gasteiger partial charge in [0.15, 0.2) is 0 Å². The number of ether oxygens (including phenoxy) is 2. The molecule has 0 aliphatic carbocycles. The summed E-state index contributed by atoms with van der Waals surface area (Å²) in [5.74, 6) is -0.558. The third-order valence-electron chi connectivity index (χ3n) is 0.809. The molecule has 58 valence electrons. The molecule has 0 amide bonds. The van der Waals surface area contributed by atoms with Crippen LogP contribution in [0.3, 0.4) is 0 Å². The SMILES string of the molecule is CC(C)C(=O)OCOC=O. The average molecular weight is 146 g/mol. The van der Waals surface area contributed by atoms with E-state index in [4.69, 9.17) is 0 Å². The van der Waals surface area contributed by atoms with Crippen LogP contribution in [0.4, 0.5) is 0 Å². The van der Waals surface area contributed by atoms with E-state index in [1.165, 1.54) is 0 Å². The molecule has 4 nitrogen and oxygen atoms in total. The second kappa shape index (κ2) is 4.78. The van der Waals surface area contributed by atoms with Gasteiger partial charge in [-0.15, -0.1) is 0 Å². The minimum absolute atomic E-state index is 0.185. The molecule has 4 heteroatoms. The van der Waals surface area contributed by atoms with Gasteiger partial charge in [0.1, 0.15) is 0 Å². The summed E-state index contributed by atoms with van der Waals surface area (Å²) in [6.45, 7) is 3.33. The largest absolute Gasteiger partial charge is 0.430 e. The zero-order valence-corrected chi connectivity index (χ0v) is 5.99. The summed E-state index contributed by atoms with van der Waals surface area (Å²) in [5, 5.41) is 0. The van der Waals surface area contributed by atoms with Gasteiger partial charge in [-0.25, -0.2) is 0 Å². The summed E-state index contributed by atoms with van der Waals surface area (Å²) in [6.07, 6.45) is 0. The number of esters is 1. The van der Waals surface area contributed by atoms with E-state index < -0.39 is 0 Å². The van der Waals surface area contributed by atoms with Crippen LogP contribution in [0.25, 0.3) is 0 Å². The highest BCUT2D eigenvalue weighted by Crippen LogP contribution is 1.94. The Bertz CT molecular complexity index is 119. The van der Waals surface area contributed by atoms with E-state index in [-0.39, 0.29) is 25.2 Å². The Balaban J connectivity index is 3.30. The molecule has 0 saturated carbocycles. The maximum absolute atomic E-state index is 10.6. The van der Waals surface area contributed by atoms with Gasteiger partial charge >= 0.3 is 5.97 Å². The van der Waals surface area contributed by atoms with Crippen molar-refractivity contribution in [2.75, 3.05) is 6.79 Å². The van der Waals surface area contributed by atoms with Crippen molar-refractivity contribution < 1.29 is 19.1 Å². The molecule has 0 aromatic heterocycles. The molecule has 0 aliphatic rings. The molecule has 0 heterocycles. The Morgan fingerprint density at radius 1 is 1.60 bits per heavy atom. The van der Waals surface area contributed by atoms with Crippen molar-refractivity contribution in [2.45, 2.75) is 13.8 Å². The highest BCUT2D eigenvalue weighted by Gasteiger charge is 2.06. The van der Waals surface area contributed by atoms with E-state index in [0.717, 1.165) is 0 Å². The van der Waals surface area contributed by atoms with Crippen molar-refractivity contribution in [3.8, 4) is 0 Å². The number of carbonyl (C=O) groups excluding carboxylic acids is 2. The van der Waals surface area contributed by atoms with Crippen molar-refractivity contribution in [2.24, 2.45) is 5.92 Å². The van der Waals surface area contributed by atoms with Gasteiger partial charge in [-0.05, 0) is 0 Å². The fourth-order valence-electron chi connectivity index (χ4n) is 0.287. The van der Waals surface area contributed by atoms with E-state index >= 15 is 0 Å². The van der Waals surface area contributed by atoms with Crippen molar-refractivity contribution in [1.82, 2.24) is 0 Å². The maximum atomic E-state index is 10.6. The third-order valence-corrected chi connectivity index (χ3v) is 0.809. The zero-order valence-electron chi connectivity index (χ0n) is 5.99. The molecule has 0 fully saturated rings. The Morgan fingerprint density at radius 2 is 2.20 bits per heavy atom. The Hall–Kier alpha value is -1.06. The predicted molar refractivity (Wildman–Crippen MR) is 32.9 cm³/mol. The molecule has 0 atom stereocenters. The van der Waals surface area contributed by atoms with Gasteiger partial charge in [0.05, 0.1) is 5.92 Å². The summed E-state index contributed by atoms with van der Waals surface area (Å²) >= 11 is 0. The highest BCUT2D eigenvalue weighted by molar-refractivity contribution is 5.71. The fraction of sp³-hybridized carbons (Fsp3) is 0.667. The van der Waals surface area contributed by atoms with Crippen molar-refractivity contribution in [1.29, 1.82) is 0 Å². The summed E-state index contributed by atoms with van der Waals surface area (Å²) in [5.41, 5.74) is 0. The lowest BCUT2D eigenvalue weighted by atomic mass is 10.2. The minimum atomic E-state index is -0.373. The number of hydrogen-bond acceptors (Lipinski definition) is 4. The van der Waals surface area contributed by atoms with Gasteiger partial charge < -0.3 is 9.47 Å². The predicted octanol–water partition coefficient (Wildman–Crippen LogP) is 0.316. The third kappa shape index (κ3) is 3.88. The average Bonchev–Trinajstić information content (AvgIpc) is 1.88. The van der Waals surface area contributed by atoms with Crippen LogP contribution in [0.5, 0.6) is 0 Å². The standard InChI is InChI=1S/C6H10O4/c1-5(2)6(8)10-4-9-3-7/h3,5H,4H2,1-2H3. The van der Waals surface area contributed by atoms with Gasteiger partial charge in [-0.1, -0.05) is 13.8 Å². The number of carbonyl (C=O) groups is 2. The number of hydrogen-bond donors (Lipinski definition) is 0. The minimum Gasteiger partial charge on any atom is -0.430 e. The first-order valence-electron chi connectivity index (χ1n) is 2.90. The Kier molecular flexibility index (Phi) is 4.28. The molecule has 0 spiro atoms. The van der Waals surface area contributed by atoms with E-state index in [9.17, 15) is 9.59 Å². The van der Waals surface area contributed by atoms with E-state index in [1.54, 1.807) is 13.8 Å². The van der Waals surface area contributed by atoms with Crippen LogP contribution in [-0.2, 0) is 19.1 Å². The van der Waals surface area contributed by atoms with E-state index in [0.29, 0.717) is 0 Å². The Morgan fingerprint density at radius 3 is 2.60 bits per heavy atom. The van der Waals surface area contributed by atoms with Gasteiger partial charge in [0.2, 0.25) is 6.79 Å². The second-order valence-electron chi connectivity index (χ2n) is 2.00. The fourth-order valence-corrected chi connectivity index (χ4v) is 0.287. The molecule has 0 radical (unpaired) electrons. The molecule has 0 N–H and O–H groups in total. The van der Waals surface area contributed by atoms with E-state index in [1.807, 2.05) is 0 Å². The zero-order chi connectivity index (χ0) is 7.98. The summed E-state index contributed by atoms with van der Waals surface area (Å²) in [4.78, 5) is 20.1.